The molecule has 0 aliphatic carbocycles. The summed E-state index contributed by atoms with van der Waals surface area (Å²) in [5.74, 6) is 1.31. The summed E-state index contributed by atoms with van der Waals surface area (Å²) in [5.41, 5.74) is 5.82. The van der Waals surface area contributed by atoms with Crippen molar-refractivity contribution in [3.05, 3.63) is 47.1 Å². The van der Waals surface area contributed by atoms with Crippen LogP contribution in [0.4, 0.5) is 0 Å². The first kappa shape index (κ1) is 14.1. The van der Waals surface area contributed by atoms with E-state index in [-0.39, 0.29) is 16.7 Å². The van der Waals surface area contributed by atoms with Gasteiger partial charge in [0.2, 0.25) is 5.88 Å². The number of ether oxygens (including phenoxy) is 2. The molecule has 0 amide bonds. The van der Waals surface area contributed by atoms with Crippen LogP contribution < -0.4 is 15.2 Å². The highest BCUT2D eigenvalue weighted by Crippen LogP contribution is 2.31. The van der Waals surface area contributed by atoms with Crippen molar-refractivity contribution in [2.24, 2.45) is 5.73 Å². The van der Waals surface area contributed by atoms with Gasteiger partial charge in [0, 0.05) is 17.8 Å². The van der Waals surface area contributed by atoms with Crippen LogP contribution in [-0.2, 0) is 0 Å². The van der Waals surface area contributed by atoms with Crippen LogP contribution in [0.15, 0.2) is 36.5 Å². The number of benzene rings is 1. The van der Waals surface area contributed by atoms with Gasteiger partial charge in [0.05, 0.1) is 6.61 Å². The van der Waals surface area contributed by atoms with E-state index in [9.17, 15) is 0 Å². The van der Waals surface area contributed by atoms with E-state index in [1.54, 1.807) is 18.2 Å². The molecule has 0 aliphatic rings. The molecule has 2 aromatic rings. The van der Waals surface area contributed by atoms with E-state index in [1.807, 2.05) is 19.1 Å². The lowest BCUT2D eigenvalue weighted by atomic mass is 10.2. The number of hydrogen-bond donors (Lipinski definition) is 2. The standard InChI is InChI=1S/C14H14ClN3O2/c1-2-19-9-4-3-5-10(8-9)20-14-12(15)11(13(16)17)6-7-18-14/h3-8H,2H2,1H3,(H3,16,17). The summed E-state index contributed by atoms with van der Waals surface area (Å²) in [6.07, 6.45) is 1.49. The smallest absolute Gasteiger partial charge is 0.238 e. The van der Waals surface area contributed by atoms with Gasteiger partial charge in [-0.3, -0.25) is 5.41 Å². The zero-order chi connectivity index (χ0) is 14.5. The maximum atomic E-state index is 7.43. The lowest BCUT2D eigenvalue weighted by Gasteiger charge is -2.10. The summed E-state index contributed by atoms with van der Waals surface area (Å²) in [5, 5.41) is 7.64. The second-order valence-corrected chi connectivity index (χ2v) is 4.28. The monoisotopic (exact) mass is 291 g/mol. The molecule has 0 saturated heterocycles. The third-order valence-electron chi connectivity index (χ3n) is 2.48. The highest BCUT2D eigenvalue weighted by molar-refractivity contribution is 6.35. The molecule has 0 unspecified atom stereocenters. The fraction of sp³-hybridized carbons (Fsp3) is 0.143. The minimum atomic E-state index is -0.134. The highest BCUT2D eigenvalue weighted by atomic mass is 35.5. The van der Waals surface area contributed by atoms with E-state index in [1.165, 1.54) is 6.20 Å². The normalized spacial score (nSPS) is 10.1. The Morgan fingerprint density at radius 3 is 2.80 bits per heavy atom. The van der Waals surface area contributed by atoms with Gasteiger partial charge in [-0.25, -0.2) is 4.98 Å². The SMILES string of the molecule is CCOc1cccc(Oc2nccc(C(=N)N)c2Cl)c1. The number of nitrogens with one attached hydrogen (secondary N) is 1. The van der Waals surface area contributed by atoms with Crippen molar-refractivity contribution in [1.82, 2.24) is 4.98 Å². The first-order valence-electron chi connectivity index (χ1n) is 6.01. The van der Waals surface area contributed by atoms with Crippen molar-refractivity contribution in [2.45, 2.75) is 6.92 Å². The molecule has 6 heteroatoms. The second-order valence-electron chi connectivity index (χ2n) is 3.90. The predicted octanol–water partition coefficient (Wildman–Crippen LogP) is 3.21. The van der Waals surface area contributed by atoms with Gasteiger partial charge in [0.15, 0.2) is 0 Å². The van der Waals surface area contributed by atoms with Crippen LogP contribution >= 0.6 is 11.6 Å². The lowest BCUT2D eigenvalue weighted by Crippen LogP contribution is -2.12. The Hall–Kier alpha value is -2.27. The molecule has 1 aromatic carbocycles. The molecule has 1 aromatic heterocycles. The van der Waals surface area contributed by atoms with Crippen molar-refractivity contribution < 1.29 is 9.47 Å². The average molecular weight is 292 g/mol. The van der Waals surface area contributed by atoms with Crippen LogP contribution in [0.5, 0.6) is 17.4 Å². The van der Waals surface area contributed by atoms with Gasteiger partial charge in [0.1, 0.15) is 22.4 Å². The molecule has 20 heavy (non-hydrogen) atoms. The number of hydrogen-bond acceptors (Lipinski definition) is 4. The van der Waals surface area contributed by atoms with E-state index in [0.29, 0.717) is 23.7 Å². The van der Waals surface area contributed by atoms with Gasteiger partial charge in [-0.05, 0) is 25.1 Å². The van der Waals surface area contributed by atoms with Gasteiger partial charge in [-0.15, -0.1) is 0 Å². The Bertz CT molecular complexity index is 632. The average Bonchev–Trinajstić information content (AvgIpc) is 2.42. The van der Waals surface area contributed by atoms with E-state index in [4.69, 9.17) is 32.2 Å². The number of nitrogen functional groups attached to an aromatic ring is 1. The molecule has 0 saturated carbocycles. The molecule has 5 nitrogen and oxygen atoms in total. The summed E-state index contributed by atoms with van der Waals surface area (Å²) >= 11 is 6.12. The predicted molar refractivity (Wildman–Crippen MR) is 77.9 cm³/mol. The van der Waals surface area contributed by atoms with Crippen molar-refractivity contribution in [3.63, 3.8) is 0 Å². The number of pyridine rings is 1. The minimum absolute atomic E-state index is 0.134. The second kappa shape index (κ2) is 6.25. The van der Waals surface area contributed by atoms with Gasteiger partial charge in [-0.1, -0.05) is 17.7 Å². The summed E-state index contributed by atoms with van der Waals surface area (Å²) in [6.45, 7) is 2.48. The molecule has 104 valence electrons. The Morgan fingerprint density at radius 1 is 1.35 bits per heavy atom. The lowest BCUT2D eigenvalue weighted by molar-refractivity contribution is 0.338. The third kappa shape index (κ3) is 3.19. The van der Waals surface area contributed by atoms with Crippen LogP contribution in [0.2, 0.25) is 5.02 Å². The van der Waals surface area contributed by atoms with E-state index < -0.39 is 0 Å². The molecule has 3 N–H and O–H groups in total. The molecule has 0 radical (unpaired) electrons. The molecule has 2 rings (SSSR count). The molecule has 1 heterocycles. The molecular formula is C14H14ClN3O2. The number of rotatable bonds is 5. The number of amidine groups is 1. The fourth-order valence-corrected chi connectivity index (χ4v) is 1.86. The number of nitrogens with two attached hydrogens (primary N) is 1. The highest BCUT2D eigenvalue weighted by Gasteiger charge is 2.12. The van der Waals surface area contributed by atoms with Crippen molar-refractivity contribution in [1.29, 1.82) is 5.41 Å². The topological polar surface area (TPSA) is 81.2 Å². The summed E-state index contributed by atoms with van der Waals surface area (Å²) in [4.78, 5) is 4.05. The Kier molecular flexibility index (Phi) is 4.42. The Labute approximate surface area is 121 Å². The van der Waals surface area contributed by atoms with Crippen LogP contribution in [0.1, 0.15) is 12.5 Å². The molecule has 0 bridgehead atoms. The largest absolute Gasteiger partial charge is 0.494 e. The van der Waals surface area contributed by atoms with Gasteiger partial charge < -0.3 is 15.2 Å². The van der Waals surface area contributed by atoms with Crippen LogP contribution in [-0.4, -0.2) is 17.4 Å². The van der Waals surface area contributed by atoms with Gasteiger partial charge in [0.25, 0.3) is 0 Å². The van der Waals surface area contributed by atoms with Crippen molar-refractivity contribution in [3.8, 4) is 17.4 Å². The molecule has 0 spiro atoms. The maximum absolute atomic E-state index is 7.43. The zero-order valence-corrected chi connectivity index (χ0v) is 11.6. The first-order chi connectivity index (χ1) is 9.61. The number of aromatic nitrogens is 1. The van der Waals surface area contributed by atoms with Crippen LogP contribution in [0.3, 0.4) is 0 Å². The van der Waals surface area contributed by atoms with Crippen molar-refractivity contribution in [2.75, 3.05) is 6.61 Å². The third-order valence-corrected chi connectivity index (χ3v) is 2.84. The summed E-state index contributed by atoms with van der Waals surface area (Å²) < 4.78 is 11.0. The quantitative estimate of drug-likeness (QED) is 0.654. The van der Waals surface area contributed by atoms with Crippen molar-refractivity contribution >= 4 is 17.4 Å². The molecule has 0 atom stereocenters. The maximum Gasteiger partial charge on any atom is 0.238 e. The van der Waals surface area contributed by atoms with Gasteiger partial charge in [-0.2, -0.15) is 0 Å². The fourth-order valence-electron chi connectivity index (χ4n) is 1.61. The van der Waals surface area contributed by atoms with E-state index >= 15 is 0 Å². The van der Waals surface area contributed by atoms with E-state index in [0.717, 1.165) is 0 Å². The number of nitrogens with zero attached hydrogens (tertiary/aromatic N) is 1. The zero-order valence-electron chi connectivity index (χ0n) is 10.9. The Balaban J connectivity index is 2.28. The van der Waals surface area contributed by atoms with Gasteiger partial charge >= 0.3 is 0 Å². The number of halogens is 1. The van der Waals surface area contributed by atoms with E-state index in [2.05, 4.69) is 4.98 Å². The van der Waals surface area contributed by atoms with Crippen LogP contribution in [0, 0.1) is 5.41 Å². The summed E-state index contributed by atoms with van der Waals surface area (Å²) in [6, 6.07) is 8.71. The Morgan fingerprint density at radius 2 is 2.10 bits per heavy atom. The first-order valence-corrected chi connectivity index (χ1v) is 6.39. The molecular weight excluding hydrogens is 278 g/mol. The summed E-state index contributed by atoms with van der Waals surface area (Å²) in [7, 11) is 0. The molecule has 0 fully saturated rings. The van der Waals surface area contributed by atoms with Crippen LogP contribution in [0.25, 0.3) is 0 Å². The minimum Gasteiger partial charge on any atom is -0.494 e. The molecule has 0 aliphatic heterocycles.